The van der Waals surface area contributed by atoms with Crippen LogP contribution in [0.3, 0.4) is 0 Å². The zero-order chi connectivity index (χ0) is 17.2. The van der Waals surface area contributed by atoms with E-state index in [1.165, 1.54) is 6.21 Å². The number of benzene rings is 2. The van der Waals surface area contributed by atoms with Crippen LogP contribution in [0.2, 0.25) is 0 Å². The zero-order valence-corrected chi connectivity index (χ0v) is 14.5. The van der Waals surface area contributed by atoms with E-state index in [-0.39, 0.29) is 12.5 Å². The highest BCUT2D eigenvalue weighted by Gasteiger charge is 2.04. The molecule has 0 bridgehead atoms. The van der Waals surface area contributed by atoms with E-state index in [4.69, 9.17) is 9.47 Å². The molecule has 0 heterocycles. The van der Waals surface area contributed by atoms with E-state index >= 15 is 0 Å². The SMILES string of the molecule is C=CCOc1ccc(Br)cc1/C=N/NC(=O)COc1ccccc1. The molecule has 2 rings (SSSR count). The third kappa shape index (κ3) is 5.89. The quantitative estimate of drug-likeness (QED) is 0.427. The minimum absolute atomic E-state index is 0.111. The number of amides is 1. The number of hydrogen-bond acceptors (Lipinski definition) is 4. The van der Waals surface area contributed by atoms with Crippen LogP contribution in [0.1, 0.15) is 5.56 Å². The third-order valence-corrected chi connectivity index (χ3v) is 3.33. The summed E-state index contributed by atoms with van der Waals surface area (Å²) >= 11 is 3.39. The van der Waals surface area contributed by atoms with E-state index in [0.717, 1.165) is 10.0 Å². The Morgan fingerprint density at radius 2 is 2.00 bits per heavy atom. The lowest BCUT2D eigenvalue weighted by atomic mass is 10.2. The van der Waals surface area contributed by atoms with Gasteiger partial charge < -0.3 is 9.47 Å². The van der Waals surface area contributed by atoms with E-state index in [1.54, 1.807) is 18.2 Å². The molecule has 1 amide bonds. The number of halogens is 1. The Balaban J connectivity index is 1.89. The molecule has 0 aliphatic heterocycles. The molecule has 0 radical (unpaired) electrons. The van der Waals surface area contributed by atoms with Gasteiger partial charge in [0.1, 0.15) is 18.1 Å². The molecule has 24 heavy (non-hydrogen) atoms. The number of hydrazone groups is 1. The normalized spacial score (nSPS) is 10.4. The van der Waals surface area contributed by atoms with Gasteiger partial charge >= 0.3 is 0 Å². The van der Waals surface area contributed by atoms with Gasteiger partial charge in [0.05, 0.1) is 6.21 Å². The highest BCUT2D eigenvalue weighted by Crippen LogP contribution is 2.21. The summed E-state index contributed by atoms with van der Waals surface area (Å²) in [6, 6.07) is 14.6. The van der Waals surface area contributed by atoms with Gasteiger partial charge in [-0.2, -0.15) is 5.10 Å². The van der Waals surface area contributed by atoms with Crippen LogP contribution in [0.25, 0.3) is 0 Å². The number of carbonyl (C=O) groups excluding carboxylic acids is 1. The lowest BCUT2D eigenvalue weighted by molar-refractivity contribution is -0.123. The van der Waals surface area contributed by atoms with Crippen molar-refractivity contribution in [2.24, 2.45) is 5.10 Å². The van der Waals surface area contributed by atoms with Crippen LogP contribution in [-0.4, -0.2) is 25.3 Å². The predicted octanol–water partition coefficient (Wildman–Crippen LogP) is 3.54. The van der Waals surface area contributed by atoms with Gasteiger partial charge in [0.25, 0.3) is 5.91 Å². The maximum Gasteiger partial charge on any atom is 0.277 e. The van der Waals surface area contributed by atoms with Crippen molar-refractivity contribution < 1.29 is 14.3 Å². The molecule has 0 saturated heterocycles. The van der Waals surface area contributed by atoms with E-state index < -0.39 is 0 Å². The van der Waals surface area contributed by atoms with Crippen molar-refractivity contribution in [2.75, 3.05) is 13.2 Å². The highest BCUT2D eigenvalue weighted by atomic mass is 79.9. The van der Waals surface area contributed by atoms with Crippen molar-refractivity contribution in [3.63, 3.8) is 0 Å². The van der Waals surface area contributed by atoms with Crippen LogP contribution in [0.5, 0.6) is 11.5 Å². The smallest absolute Gasteiger partial charge is 0.277 e. The summed E-state index contributed by atoms with van der Waals surface area (Å²) in [5, 5.41) is 3.93. The van der Waals surface area contributed by atoms with Gasteiger partial charge in [0, 0.05) is 10.0 Å². The number of hydrogen-bond donors (Lipinski definition) is 1. The summed E-state index contributed by atoms with van der Waals surface area (Å²) in [4.78, 5) is 11.7. The molecule has 124 valence electrons. The number of nitrogens with zero attached hydrogens (tertiary/aromatic N) is 1. The Labute approximate surface area is 149 Å². The lowest BCUT2D eigenvalue weighted by Crippen LogP contribution is -2.24. The van der Waals surface area contributed by atoms with Gasteiger partial charge in [0.15, 0.2) is 6.61 Å². The number of rotatable bonds is 8. The predicted molar refractivity (Wildman–Crippen MR) is 97.5 cm³/mol. The molecular formula is C18H17BrN2O3. The number of ether oxygens (including phenoxy) is 2. The molecule has 2 aromatic carbocycles. The Bertz CT molecular complexity index is 717. The van der Waals surface area contributed by atoms with Gasteiger partial charge in [0.2, 0.25) is 0 Å². The summed E-state index contributed by atoms with van der Waals surface area (Å²) in [7, 11) is 0. The second-order valence-corrected chi connectivity index (χ2v) is 5.59. The average Bonchev–Trinajstić information content (AvgIpc) is 2.60. The summed E-state index contributed by atoms with van der Waals surface area (Å²) < 4.78 is 11.8. The van der Waals surface area contributed by atoms with Gasteiger partial charge in [-0.3, -0.25) is 4.79 Å². The van der Waals surface area contributed by atoms with E-state index in [9.17, 15) is 4.79 Å². The number of para-hydroxylation sites is 1. The second kappa shape index (κ2) is 9.52. The zero-order valence-electron chi connectivity index (χ0n) is 12.9. The van der Waals surface area contributed by atoms with Crippen LogP contribution in [0, 0.1) is 0 Å². The van der Waals surface area contributed by atoms with Gasteiger partial charge in [-0.1, -0.05) is 46.8 Å². The van der Waals surface area contributed by atoms with Crippen LogP contribution in [-0.2, 0) is 4.79 Å². The first kappa shape index (κ1) is 17.7. The molecule has 2 aromatic rings. The lowest BCUT2D eigenvalue weighted by Gasteiger charge is -2.07. The summed E-state index contributed by atoms with van der Waals surface area (Å²) in [6.07, 6.45) is 3.18. The molecule has 6 heteroatoms. The van der Waals surface area contributed by atoms with Gasteiger partial charge in [-0.25, -0.2) is 5.43 Å². The van der Waals surface area contributed by atoms with Crippen LogP contribution >= 0.6 is 15.9 Å². The molecule has 0 atom stereocenters. The Hall–Kier alpha value is -2.60. The average molecular weight is 389 g/mol. The maximum absolute atomic E-state index is 11.7. The van der Waals surface area contributed by atoms with E-state index in [0.29, 0.717) is 18.1 Å². The maximum atomic E-state index is 11.7. The number of nitrogens with one attached hydrogen (secondary N) is 1. The first-order valence-electron chi connectivity index (χ1n) is 7.22. The largest absolute Gasteiger partial charge is 0.489 e. The first-order chi connectivity index (χ1) is 11.7. The molecule has 0 aliphatic carbocycles. The van der Waals surface area contributed by atoms with Crippen molar-refractivity contribution in [2.45, 2.75) is 0 Å². The third-order valence-electron chi connectivity index (χ3n) is 2.83. The van der Waals surface area contributed by atoms with Crippen molar-refractivity contribution in [3.05, 3.63) is 71.2 Å². The Kier molecular flexibility index (Phi) is 7.04. The van der Waals surface area contributed by atoms with Crippen LogP contribution in [0.15, 0.2) is 70.8 Å². The molecule has 0 aliphatic rings. The van der Waals surface area contributed by atoms with Crippen LogP contribution < -0.4 is 14.9 Å². The minimum Gasteiger partial charge on any atom is -0.489 e. The van der Waals surface area contributed by atoms with Gasteiger partial charge in [-0.15, -0.1) is 0 Å². The fraction of sp³-hybridized carbons (Fsp3) is 0.111. The molecule has 0 aromatic heterocycles. The van der Waals surface area contributed by atoms with Crippen molar-refractivity contribution in [3.8, 4) is 11.5 Å². The second-order valence-electron chi connectivity index (χ2n) is 4.68. The highest BCUT2D eigenvalue weighted by molar-refractivity contribution is 9.10. The van der Waals surface area contributed by atoms with Crippen molar-refractivity contribution in [1.82, 2.24) is 5.43 Å². The molecule has 0 saturated carbocycles. The molecular weight excluding hydrogens is 372 g/mol. The Morgan fingerprint density at radius 1 is 1.21 bits per heavy atom. The summed E-state index contributed by atoms with van der Waals surface area (Å²) in [5.41, 5.74) is 3.15. The number of carbonyl (C=O) groups is 1. The van der Waals surface area contributed by atoms with Gasteiger partial charge in [-0.05, 0) is 30.3 Å². The standard InChI is InChI=1S/C18H17BrN2O3/c1-2-10-23-17-9-8-15(19)11-14(17)12-20-21-18(22)13-24-16-6-4-3-5-7-16/h2-9,11-12H,1,10,13H2,(H,21,22)/b20-12+. The van der Waals surface area contributed by atoms with Crippen molar-refractivity contribution in [1.29, 1.82) is 0 Å². The first-order valence-corrected chi connectivity index (χ1v) is 8.01. The van der Waals surface area contributed by atoms with E-state index in [1.807, 2.05) is 36.4 Å². The molecule has 5 nitrogen and oxygen atoms in total. The van der Waals surface area contributed by atoms with Crippen molar-refractivity contribution >= 4 is 28.1 Å². The van der Waals surface area contributed by atoms with Crippen LogP contribution in [0.4, 0.5) is 0 Å². The monoisotopic (exact) mass is 388 g/mol. The molecule has 0 fully saturated rings. The summed E-state index contributed by atoms with van der Waals surface area (Å²) in [5.74, 6) is 0.930. The van der Waals surface area contributed by atoms with E-state index in [2.05, 4.69) is 33.0 Å². The molecule has 0 spiro atoms. The minimum atomic E-state index is -0.348. The fourth-order valence-corrected chi connectivity index (χ4v) is 2.15. The Morgan fingerprint density at radius 3 is 2.75 bits per heavy atom. The topological polar surface area (TPSA) is 59.9 Å². The fourth-order valence-electron chi connectivity index (χ4n) is 1.77. The summed E-state index contributed by atoms with van der Waals surface area (Å²) in [6.45, 7) is 3.89. The molecule has 1 N–H and O–H groups in total. The molecule has 0 unspecified atom stereocenters.